The number of nitrogens with one attached hydrogen (secondary N) is 1. The van der Waals surface area contributed by atoms with Gasteiger partial charge in [0.25, 0.3) is 5.91 Å². The lowest BCUT2D eigenvalue weighted by atomic mass is 10.2. The summed E-state index contributed by atoms with van der Waals surface area (Å²) in [4.78, 5) is 14.6. The Hall–Kier alpha value is -2.19. The Morgan fingerprint density at radius 2 is 2.16 bits per heavy atom. The Labute approximate surface area is 147 Å². The number of ether oxygens (including phenoxy) is 1. The first-order chi connectivity index (χ1) is 12.1. The van der Waals surface area contributed by atoms with E-state index in [0.717, 1.165) is 44.1 Å². The molecule has 1 fully saturated rings. The highest BCUT2D eigenvalue weighted by atomic mass is 16.5. The van der Waals surface area contributed by atoms with Gasteiger partial charge in [0.05, 0.1) is 25.0 Å². The number of hydrogen-bond acceptors (Lipinski definition) is 6. The van der Waals surface area contributed by atoms with Gasteiger partial charge >= 0.3 is 0 Å². The van der Waals surface area contributed by atoms with Gasteiger partial charge in [0.2, 0.25) is 0 Å². The second kappa shape index (κ2) is 7.79. The van der Waals surface area contributed by atoms with Crippen molar-refractivity contribution in [1.82, 2.24) is 25.2 Å². The van der Waals surface area contributed by atoms with Crippen molar-refractivity contribution >= 4 is 5.91 Å². The van der Waals surface area contributed by atoms with E-state index in [2.05, 4.69) is 27.4 Å². The van der Waals surface area contributed by atoms with Gasteiger partial charge in [-0.1, -0.05) is 5.16 Å². The van der Waals surface area contributed by atoms with E-state index >= 15 is 0 Å². The van der Waals surface area contributed by atoms with Crippen molar-refractivity contribution < 1.29 is 14.1 Å². The molecule has 0 radical (unpaired) electrons. The van der Waals surface area contributed by atoms with Crippen LogP contribution in [0.4, 0.5) is 0 Å². The molecule has 0 saturated carbocycles. The van der Waals surface area contributed by atoms with E-state index in [4.69, 9.17) is 9.26 Å². The second-order valence-corrected chi connectivity index (χ2v) is 6.24. The van der Waals surface area contributed by atoms with E-state index < -0.39 is 0 Å². The van der Waals surface area contributed by atoms with Gasteiger partial charge in [-0.2, -0.15) is 5.10 Å². The van der Waals surface area contributed by atoms with Crippen LogP contribution < -0.4 is 5.32 Å². The zero-order valence-corrected chi connectivity index (χ0v) is 15.0. The van der Waals surface area contributed by atoms with E-state index in [9.17, 15) is 4.79 Å². The van der Waals surface area contributed by atoms with Gasteiger partial charge in [-0.3, -0.25) is 14.4 Å². The summed E-state index contributed by atoms with van der Waals surface area (Å²) < 4.78 is 12.6. The molecule has 0 aromatic carbocycles. The minimum atomic E-state index is -0.226. The highest BCUT2D eigenvalue weighted by Crippen LogP contribution is 2.23. The Kier molecular flexibility index (Phi) is 5.50. The molecular weight excluding hydrogens is 322 g/mol. The highest BCUT2D eigenvalue weighted by molar-refractivity contribution is 5.93. The van der Waals surface area contributed by atoms with Gasteiger partial charge in [0.1, 0.15) is 0 Å². The summed E-state index contributed by atoms with van der Waals surface area (Å²) in [5, 5.41) is 11.1. The smallest absolute Gasteiger partial charge is 0.273 e. The van der Waals surface area contributed by atoms with E-state index in [1.807, 2.05) is 18.5 Å². The zero-order valence-electron chi connectivity index (χ0n) is 15.0. The van der Waals surface area contributed by atoms with E-state index in [-0.39, 0.29) is 17.6 Å². The van der Waals surface area contributed by atoms with Crippen molar-refractivity contribution in [3.63, 3.8) is 0 Å². The van der Waals surface area contributed by atoms with Crippen LogP contribution in [0.25, 0.3) is 11.3 Å². The van der Waals surface area contributed by atoms with Crippen LogP contribution in [-0.2, 0) is 11.3 Å². The van der Waals surface area contributed by atoms with Crippen molar-refractivity contribution in [2.75, 3.05) is 32.8 Å². The Morgan fingerprint density at radius 3 is 2.84 bits per heavy atom. The van der Waals surface area contributed by atoms with Crippen LogP contribution >= 0.6 is 0 Å². The quantitative estimate of drug-likeness (QED) is 0.848. The maximum absolute atomic E-state index is 12.3. The fourth-order valence-corrected chi connectivity index (χ4v) is 2.99. The summed E-state index contributed by atoms with van der Waals surface area (Å²) in [6.07, 6.45) is 1.74. The number of carbonyl (C=O) groups is 1. The molecule has 1 aliphatic rings. The van der Waals surface area contributed by atoms with Crippen LogP contribution in [0, 0.1) is 6.92 Å². The third kappa shape index (κ3) is 3.91. The van der Waals surface area contributed by atoms with Gasteiger partial charge in [0, 0.05) is 44.0 Å². The Balaban J connectivity index is 1.59. The third-order valence-corrected chi connectivity index (χ3v) is 4.64. The molecule has 1 amide bonds. The van der Waals surface area contributed by atoms with E-state index in [1.165, 1.54) is 0 Å². The molecule has 3 rings (SSSR count). The first kappa shape index (κ1) is 17.6. The lowest BCUT2D eigenvalue weighted by Crippen LogP contribution is -2.47. The minimum Gasteiger partial charge on any atom is -0.379 e. The number of morpholine rings is 1. The Bertz CT molecular complexity index is 718. The summed E-state index contributed by atoms with van der Waals surface area (Å²) >= 11 is 0. The zero-order chi connectivity index (χ0) is 17.8. The normalized spacial score (nSPS) is 16.8. The molecule has 1 unspecified atom stereocenters. The fourth-order valence-electron chi connectivity index (χ4n) is 2.99. The van der Waals surface area contributed by atoms with Gasteiger partial charge in [-0.25, -0.2) is 0 Å². The monoisotopic (exact) mass is 347 g/mol. The van der Waals surface area contributed by atoms with Crippen LogP contribution in [0.15, 0.2) is 16.8 Å². The van der Waals surface area contributed by atoms with Gasteiger partial charge < -0.3 is 14.6 Å². The van der Waals surface area contributed by atoms with Crippen LogP contribution in [0.2, 0.25) is 0 Å². The molecule has 0 aliphatic carbocycles. The fraction of sp³-hybridized carbons (Fsp3) is 0.588. The SMILES string of the molecule is CCn1ncc(-c2cc(C(=O)NCC(C)N3CCOCC3)no2)c1C. The minimum absolute atomic E-state index is 0.226. The topological polar surface area (TPSA) is 85.4 Å². The maximum Gasteiger partial charge on any atom is 0.273 e. The molecule has 0 spiro atoms. The molecule has 0 bridgehead atoms. The number of amides is 1. The molecule has 1 atom stereocenters. The maximum atomic E-state index is 12.3. The summed E-state index contributed by atoms with van der Waals surface area (Å²) in [6, 6.07) is 1.92. The predicted octanol–water partition coefficient (Wildman–Crippen LogP) is 1.32. The van der Waals surface area contributed by atoms with Crippen molar-refractivity contribution in [3.8, 4) is 11.3 Å². The number of hydrogen-bond donors (Lipinski definition) is 1. The predicted molar refractivity (Wildman–Crippen MR) is 92.3 cm³/mol. The average molecular weight is 347 g/mol. The highest BCUT2D eigenvalue weighted by Gasteiger charge is 2.20. The van der Waals surface area contributed by atoms with Crippen molar-refractivity contribution in [3.05, 3.63) is 23.7 Å². The molecule has 8 heteroatoms. The standard InChI is InChI=1S/C17H25N5O3/c1-4-22-13(3)14(11-19-22)16-9-15(20-25-16)17(23)18-10-12(2)21-5-7-24-8-6-21/h9,11-12H,4-8,10H2,1-3H3,(H,18,23). The summed E-state index contributed by atoms with van der Waals surface area (Å²) in [6.45, 7) is 10.7. The summed E-state index contributed by atoms with van der Waals surface area (Å²) in [5.41, 5.74) is 2.13. The van der Waals surface area contributed by atoms with Crippen LogP contribution in [0.1, 0.15) is 30.0 Å². The van der Waals surface area contributed by atoms with Crippen molar-refractivity contribution in [2.24, 2.45) is 0 Å². The van der Waals surface area contributed by atoms with Crippen molar-refractivity contribution in [1.29, 1.82) is 0 Å². The number of carbonyl (C=O) groups excluding carboxylic acids is 1. The molecule has 8 nitrogen and oxygen atoms in total. The summed E-state index contributed by atoms with van der Waals surface area (Å²) in [7, 11) is 0. The first-order valence-electron chi connectivity index (χ1n) is 8.69. The molecule has 3 heterocycles. The number of aryl methyl sites for hydroxylation is 1. The van der Waals surface area contributed by atoms with Crippen LogP contribution in [0.5, 0.6) is 0 Å². The number of aromatic nitrogens is 3. The molecular formula is C17H25N5O3. The second-order valence-electron chi connectivity index (χ2n) is 6.24. The molecule has 136 valence electrons. The number of nitrogens with zero attached hydrogens (tertiary/aromatic N) is 4. The van der Waals surface area contributed by atoms with Crippen LogP contribution in [0.3, 0.4) is 0 Å². The molecule has 1 N–H and O–H groups in total. The average Bonchev–Trinajstić information content (AvgIpc) is 3.26. The summed E-state index contributed by atoms with van der Waals surface area (Å²) in [5.74, 6) is 0.333. The van der Waals surface area contributed by atoms with Crippen molar-refractivity contribution in [2.45, 2.75) is 33.4 Å². The molecule has 1 saturated heterocycles. The third-order valence-electron chi connectivity index (χ3n) is 4.64. The molecule has 2 aromatic heterocycles. The van der Waals surface area contributed by atoms with Gasteiger partial charge in [0.15, 0.2) is 11.5 Å². The lowest BCUT2D eigenvalue weighted by Gasteiger charge is -2.32. The van der Waals surface area contributed by atoms with Crippen LogP contribution in [-0.4, -0.2) is 64.6 Å². The van der Waals surface area contributed by atoms with E-state index in [0.29, 0.717) is 12.3 Å². The number of rotatable bonds is 6. The first-order valence-corrected chi connectivity index (χ1v) is 8.69. The van der Waals surface area contributed by atoms with Gasteiger partial charge in [-0.15, -0.1) is 0 Å². The largest absolute Gasteiger partial charge is 0.379 e. The van der Waals surface area contributed by atoms with Gasteiger partial charge in [-0.05, 0) is 20.8 Å². The van der Waals surface area contributed by atoms with E-state index in [1.54, 1.807) is 12.3 Å². The molecule has 25 heavy (non-hydrogen) atoms. The molecule has 1 aliphatic heterocycles. The molecule has 2 aromatic rings. The Morgan fingerprint density at radius 1 is 1.40 bits per heavy atom. The lowest BCUT2D eigenvalue weighted by molar-refractivity contribution is 0.0204.